The SMILES string of the molecule is O=C1C2CC12. The fourth-order valence-electron chi connectivity index (χ4n) is 0.616. The summed E-state index contributed by atoms with van der Waals surface area (Å²) in [6.07, 6.45) is 1.22. The predicted octanol–water partition coefficient (Wildman–Crippen LogP) is 0.205. The second-order valence-electron chi connectivity index (χ2n) is 1.85. The van der Waals surface area contributed by atoms with Crippen LogP contribution in [-0.2, 0) is 4.79 Å². The van der Waals surface area contributed by atoms with Gasteiger partial charge in [-0.1, -0.05) is 0 Å². The lowest BCUT2D eigenvalue weighted by Gasteiger charge is -1.64. The Hall–Kier alpha value is -0.330. The Labute approximate surface area is 30.0 Å². The van der Waals surface area contributed by atoms with Crippen molar-refractivity contribution in [3.8, 4) is 0 Å². The van der Waals surface area contributed by atoms with Crippen LogP contribution in [0.4, 0.5) is 0 Å². The molecule has 2 fully saturated rings. The van der Waals surface area contributed by atoms with Gasteiger partial charge in [0.25, 0.3) is 0 Å². The summed E-state index contributed by atoms with van der Waals surface area (Å²) in [6, 6.07) is 0. The molecular formula is C4H4O. The zero-order valence-corrected chi connectivity index (χ0v) is 2.77. The standard InChI is InChI=1S/C4H4O/c5-4-2-1-3(2)4/h2-3H,1H2. The van der Waals surface area contributed by atoms with E-state index in [-0.39, 0.29) is 0 Å². The van der Waals surface area contributed by atoms with E-state index >= 15 is 0 Å². The van der Waals surface area contributed by atoms with Crippen molar-refractivity contribution >= 4 is 5.78 Å². The summed E-state index contributed by atoms with van der Waals surface area (Å²) < 4.78 is 0. The molecule has 1 nitrogen and oxygen atoms in total. The average molecular weight is 68.1 g/mol. The highest BCUT2D eigenvalue weighted by Crippen LogP contribution is 2.57. The van der Waals surface area contributed by atoms with E-state index in [2.05, 4.69) is 0 Å². The third-order valence-corrected chi connectivity index (χ3v) is 1.41. The van der Waals surface area contributed by atoms with Crippen molar-refractivity contribution in [2.24, 2.45) is 11.8 Å². The maximum Gasteiger partial charge on any atom is 0.140 e. The molecule has 0 aliphatic heterocycles. The highest BCUT2D eigenvalue weighted by atomic mass is 16.1. The molecule has 0 aromatic rings. The molecule has 26 valence electrons. The lowest BCUT2D eigenvalue weighted by atomic mass is 10.4. The van der Waals surface area contributed by atoms with Crippen LogP contribution in [0.5, 0.6) is 0 Å². The van der Waals surface area contributed by atoms with Gasteiger partial charge in [0.1, 0.15) is 5.78 Å². The van der Waals surface area contributed by atoms with Crippen LogP contribution in [0.15, 0.2) is 0 Å². The van der Waals surface area contributed by atoms with E-state index in [1.54, 1.807) is 0 Å². The fourth-order valence-corrected chi connectivity index (χ4v) is 0.616. The molecule has 2 atom stereocenters. The quantitative estimate of drug-likeness (QED) is 0.396. The number of Topliss-reactive ketones (excluding diaryl/α,β-unsaturated/α-hetero) is 1. The first-order chi connectivity index (χ1) is 2.39. The molecule has 0 aromatic heterocycles. The summed E-state index contributed by atoms with van der Waals surface area (Å²) in [7, 11) is 0. The van der Waals surface area contributed by atoms with E-state index in [4.69, 9.17) is 0 Å². The lowest BCUT2D eigenvalue weighted by Crippen LogP contribution is -1.76. The predicted molar refractivity (Wildman–Crippen MR) is 16.6 cm³/mol. The summed E-state index contributed by atoms with van der Waals surface area (Å²) in [5.74, 6) is 1.68. The Morgan fingerprint density at radius 3 is 2.00 bits per heavy atom. The Morgan fingerprint density at radius 1 is 1.60 bits per heavy atom. The minimum Gasteiger partial charge on any atom is -0.299 e. The van der Waals surface area contributed by atoms with Crippen molar-refractivity contribution in [1.29, 1.82) is 0 Å². The summed E-state index contributed by atoms with van der Waals surface area (Å²) in [5, 5.41) is 0. The number of hydrogen-bond donors (Lipinski definition) is 0. The molecule has 0 bridgehead atoms. The molecule has 2 unspecified atom stereocenters. The van der Waals surface area contributed by atoms with Gasteiger partial charge < -0.3 is 0 Å². The molecule has 1 heteroatoms. The second-order valence-corrected chi connectivity index (χ2v) is 1.85. The lowest BCUT2D eigenvalue weighted by molar-refractivity contribution is -0.113. The third-order valence-electron chi connectivity index (χ3n) is 1.41. The van der Waals surface area contributed by atoms with Gasteiger partial charge in [-0.3, -0.25) is 4.79 Å². The fraction of sp³-hybridized carbons (Fsp3) is 0.750. The minimum atomic E-state index is 0.519. The van der Waals surface area contributed by atoms with Crippen molar-refractivity contribution < 1.29 is 4.79 Å². The van der Waals surface area contributed by atoms with Crippen LogP contribution >= 0.6 is 0 Å². The average Bonchev–Trinajstić information content (AvgIpc) is 2.11. The van der Waals surface area contributed by atoms with E-state index in [1.807, 2.05) is 0 Å². The van der Waals surface area contributed by atoms with Crippen LogP contribution < -0.4 is 0 Å². The highest BCUT2D eigenvalue weighted by Gasteiger charge is 2.64. The maximum atomic E-state index is 9.94. The molecule has 0 spiro atoms. The monoisotopic (exact) mass is 68.0 g/mol. The van der Waals surface area contributed by atoms with E-state index in [0.717, 1.165) is 0 Å². The molecule has 0 N–H and O–H groups in total. The van der Waals surface area contributed by atoms with Crippen molar-refractivity contribution in [3.05, 3.63) is 0 Å². The van der Waals surface area contributed by atoms with Gasteiger partial charge in [0.15, 0.2) is 0 Å². The summed E-state index contributed by atoms with van der Waals surface area (Å²) in [6.45, 7) is 0. The first kappa shape index (κ1) is 1.96. The molecule has 0 heterocycles. The first-order valence-corrected chi connectivity index (χ1v) is 1.93. The van der Waals surface area contributed by atoms with Crippen LogP contribution in [0.25, 0.3) is 0 Å². The van der Waals surface area contributed by atoms with Gasteiger partial charge in [0, 0.05) is 11.8 Å². The van der Waals surface area contributed by atoms with Crippen molar-refractivity contribution in [2.45, 2.75) is 6.42 Å². The number of hydrogen-bond acceptors (Lipinski definition) is 1. The van der Waals surface area contributed by atoms with E-state index in [1.165, 1.54) is 6.42 Å². The van der Waals surface area contributed by atoms with Gasteiger partial charge >= 0.3 is 0 Å². The van der Waals surface area contributed by atoms with E-state index in [0.29, 0.717) is 17.6 Å². The van der Waals surface area contributed by atoms with Crippen LogP contribution in [0.3, 0.4) is 0 Å². The van der Waals surface area contributed by atoms with Gasteiger partial charge in [-0.15, -0.1) is 0 Å². The van der Waals surface area contributed by atoms with Crippen molar-refractivity contribution in [1.82, 2.24) is 0 Å². The maximum absolute atomic E-state index is 9.94. The Morgan fingerprint density at radius 2 is 2.00 bits per heavy atom. The van der Waals surface area contributed by atoms with E-state index < -0.39 is 0 Å². The molecule has 0 amide bonds. The number of carbonyl (C=O) groups excluding carboxylic acids is 1. The Kier molecular flexibility index (Phi) is 0.109. The van der Waals surface area contributed by atoms with Gasteiger partial charge in [-0.05, 0) is 6.42 Å². The van der Waals surface area contributed by atoms with Crippen LogP contribution in [0.1, 0.15) is 6.42 Å². The molecule has 2 aliphatic carbocycles. The molecular weight excluding hydrogens is 64.0 g/mol. The minimum absolute atomic E-state index is 0.519. The number of carbonyl (C=O) groups is 1. The molecule has 5 heavy (non-hydrogen) atoms. The Balaban J connectivity index is 2.46. The first-order valence-electron chi connectivity index (χ1n) is 1.93. The zero-order chi connectivity index (χ0) is 3.44. The highest BCUT2D eigenvalue weighted by molar-refractivity contribution is 6.06. The van der Waals surface area contributed by atoms with Crippen molar-refractivity contribution in [2.75, 3.05) is 0 Å². The van der Waals surface area contributed by atoms with Crippen LogP contribution in [0.2, 0.25) is 0 Å². The van der Waals surface area contributed by atoms with Gasteiger partial charge in [0.2, 0.25) is 0 Å². The third kappa shape index (κ3) is 0.0752. The number of fused-ring (bicyclic) bond motifs is 1. The van der Waals surface area contributed by atoms with Crippen LogP contribution in [0, 0.1) is 11.8 Å². The summed E-state index contributed by atoms with van der Waals surface area (Å²) in [4.78, 5) is 9.94. The molecule has 0 saturated heterocycles. The van der Waals surface area contributed by atoms with E-state index in [9.17, 15) is 4.79 Å². The molecule has 2 rings (SSSR count). The zero-order valence-electron chi connectivity index (χ0n) is 2.77. The molecule has 0 aromatic carbocycles. The van der Waals surface area contributed by atoms with Crippen LogP contribution in [-0.4, -0.2) is 5.78 Å². The Bertz CT molecular complexity index is 85.8. The summed E-state index contributed by atoms with van der Waals surface area (Å²) in [5.41, 5.74) is 0. The molecule has 0 radical (unpaired) electrons. The van der Waals surface area contributed by atoms with Gasteiger partial charge in [-0.25, -0.2) is 0 Å². The topological polar surface area (TPSA) is 17.1 Å². The smallest absolute Gasteiger partial charge is 0.140 e. The molecule has 2 aliphatic rings. The number of rotatable bonds is 0. The normalized spacial score (nSPS) is 55.6. The second kappa shape index (κ2) is 0.280. The molecule has 2 saturated carbocycles. The number of ketones is 1. The van der Waals surface area contributed by atoms with Gasteiger partial charge in [-0.2, -0.15) is 0 Å². The summed E-state index contributed by atoms with van der Waals surface area (Å²) >= 11 is 0. The van der Waals surface area contributed by atoms with Gasteiger partial charge in [0.05, 0.1) is 0 Å². The largest absolute Gasteiger partial charge is 0.299 e. The van der Waals surface area contributed by atoms with Crippen molar-refractivity contribution in [3.63, 3.8) is 0 Å².